The van der Waals surface area contributed by atoms with Gasteiger partial charge in [0.1, 0.15) is 5.82 Å². The van der Waals surface area contributed by atoms with Crippen LogP contribution in [-0.2, 0) is 4.74 Å². The number of anilines is 1. The maximum Gasteiger partial charge on any atom is 0.128 e. The van der Waals surface area contributed by atoms with Crippen molar-refractivity contribution in [3.05, 3.63) is 24.4 Å². The van der Waals surface area contributed by atoms with Crippen LogP contribution in [0.1, 0.15) is 6.42 Å². The first-order chi connectivity index (χ1) is 6.88. The molecule has 0 radical (unpaired) electrons. The fourth-order valence-electron chi connectivity index (χ4n) is 2.30. The van der Waals surface area contributed by atoms with E-state index in [0.29, 0.717) is 5.41 Å². The Morgan fingerprint density at radius 2 is 2.29 bits per heavy atom. The van der Waals surface area contributed by atoms with E-state index >= 15 is 0 Å². The van der Waals surface area contributed by atoms with Crippen molar-refractivity contribution in [3.8, 4) is 0 Å². The second-order valence-electron chi connectivity index (χ2n) is 4.35. The third-order valence-corrected chi connectivity index (χ3v) is 3.23. The molecule has 1 aromatic rings. The summed E-state index contributed by atoms with van der Waals surface area (Å²) in [5.74, 6) is 1.11. The fourth-order valence-corrected chi connectivity index (χ4v) is 2.30. The summed E-state index contributed by atoms with van der Waals surface area (Å²) in [6.45, 7) is 4.12. The van der Waals surface area contributed by atoms with Gasteiger partial charge >= 0.3 is 0 Å². The lowest BCUT2D eigenvalue weighted by Crippen LogP contribution is -2.44. The number of nitrogens with zero attached hydrogens (tertiary/aromatic N) is 2. The lowest BCUT2D eigenvalue weighted by atomic mass is 9.85. The largest absolute Gasteiger partial charge is 0.380 e. The van der Waals surface area contributed by atoms with Gasteiger partial charge in [-0.3, -0.25) is 0 Å². The summed E-state index contributed by atoms with van der Waals surface area (Å²) in [6.07, 6.45) is 3.11. The van der Waals surface area contributed by atoms with E-state index in [1.165, 1.54) is 6.42 Å². The molecular weight excluding hydrogens is 176 g/mol. The zero-order chi connectivity index (χ0) is 9.43. The average Bonchev–Trinajstić information content (AvgIpc) is 2.63. The molecule has 0 bridgehead atoms. The molecule has 2 fully saturated rings. The molecule has 3 heterocycles. The van der Waals surface area contributed by atoms with Crippen molar-refractivity contribution in [2.45, 2.75) is 6.42 Å². The molecule has 0 N–H and O–H groups in total. The molecule has 0 amide bonds. The Morgan fingerprint density at radius 1 is 1.36 bits per heavy atom. The highest BCUT2D eigenvalue weighted by Crippen LogP contribution is 2.38. The molecule has 74 valence electrons. The summed E-state index contributed by atoms with van der Waals surface area (Å²) in [7, 11) is 0. The average molecular weight is 190 g/mol. The van der Waals surface area contributed by atoms with Crippen LogP contribution in [0, 0.1) is 5.41 Å². The van der Waals surface area contributed by atoms with E-state index < -0.39 is 0 Å². The van der Waals surface area contributed by atoms with E-state index in [-0.39, 0.29) is 0 Å². The lowest BCUT2D eigenvalue weighted by molar-refractivity contribution is -0.0985. The molecule has 0 unspecified atom stereocenters. The standard InChI is InChI=1S/C11H14N2O/c1-2-5-12-10(3-1)13-6-4-11(7-13)8-14-9-11/h1-3,5H,4,6-9H2. The van der Waals surface area contributed by atoms with Crippen LogP contribution in [0.5, 0.6) is 0 Å². The molecule has 2 aliphatic rings. The maximum absolute atomic E-state index is 5.30. The summed E-state index contributed by atoms with van der Waals surface area (Å²) in [6, 6.07) is 6.09. The Bertz CT molecular complexity index is 321. The van der Waals surface area contributed by atoms with Crippen molar-refractivity contribution in [2.75, 3.05) is 31.2 Å². The molecule has 2 aliphatic heterocycles. The smallest absolute Gasteiger partial charge is 0.128 e. The summed E-state index contributed by atoms with van der Waals surface area (Å²) >= 11 is 0. The summed E-state index contributed by atoms with van der Waals surface area (Å²) in [4.78, 5) is 6.73. The molecule has 0 saturated carbocycles. The molecule has 0 atom stereocenters. The van der Waals surface area contributed by atoms with E-state index in [9.17, 15) is 0 Å². The number of rotatable bonds is 1. The molecular formula is C11H14N2O. The molecule has 1 aromatic heterocycles. The van der Waals surface area contributed by atoms with Gasteiger partial charge in [0.05, 0.1) is 13.2 Å². The molecule has 0 aliphatic carbocycles. The van der Waals surface area contributed by atoms with Gasteiger partial charge in [0.25, 0.3) is 0 Å². The summed E-state index contributed by atoms with van der Waals surface area (Å²) in [5, 5.41) is 0. The van der Waals surface area contributed by atoms with Gasteiger partial charge in [-0.05, 0) is 18.6 Å². The van der Waals surface area contributed by atoms with Crippen molar-refractivity contribution >= 4 is 5.82 Å². The Morgan fingerprint density at radius 3 is 2.86 bits per heavy atom. The Hall–Kier alpha value is -1.09. The van der Waals surface area contributed by atoms with E-state index in [1.54, 1.807) is 0 Å². The molecule has 3 heteroatoms. The third-order valence-electron chi connectivity index (χ3n) is 3.23. The van der Waals surface area contributed by atoms with Crippen molar-refractivity contribution < 1.29 is 4.74 Å². The van der Waals surface area contributed by atoms with E-state index in [4.69, 9.17) is 4.74 Å². The van der Waals surface area contributed by atoms with Gasteiger partial charge in [0, 0.05) is 24.7 Å². The number of ether oxygens (including phenoxy) is 1. The molecule has 1 spiro atoms. The first-order valence-corrected chi connectivity index (χ1v) is 5.12. The van der Waals surface area contributed by atoms with Crippen molar-refractivity contribution in [1.29, 1.82) is 0 Å². The zero-order valence-electron chi connectivity index (χ0n) is 8.15. The SMILES string of the molecule is c1ccc(N2CCC3(COC3)C2)nc1. The molecule has 2 saturated heterocycles. The van der Waals surface area contributed by atoms with Crippen LogP contribution in [0.4, 0.5) is 5.82 Å². The second kappa shape index (κ2) is 2.95. The monoisotopic (exact) mass is 190 g/mol. The van der Waals surface area contributed by atoms with Gasteiger partial charge in [-0.15, -0.1) is 0 Å². The minimum absolute atomic E-state index is 0.456. The van der Waals surface area contributed by atoms with E-state index in [0.717, 1.165) is 32.1 Å². The first kappa shape index (κ1) is 8.24. The van der Waals surface area contributed by atoms with E-state index in [2.05, 4.69) is 16.0 Å². The minimum Gasteiger partial charge on any atom is -0.380 e. The van der Waals surface area contributed by atoms with Gasteiger partial charge in [-0.1, -0.05) is 6.07 Å². The lowest BCUT2D eigenvalue weighted by Gasteiger charge is -2.37. The predicted octanol–water partition coefficient (Wildman–Crippen LogP) is 1.31. The topological polar surface area (TPSA) is 25.4 Å². The van der Waals surface area contributed by atoms with Crippen LogP contribution in [0.15, 0.2) is 24.4 Å². The van der Waals surface area contributed by atoms with Crippen LogP contribution >= 0.6 is 0 Å². The molecule has 0 aromatic carbocycles. The normalized spacial score (nSPS) is 23.9. The third kappa shape index (κ3) is 1.20. The first-order valence-electron chi connectivity index (χ1n) is 5.12. The zero-order valence-corrected chi connectivity index (χ0v) is 8.15. The van der Waals surface area contributed by atoms with Crippen molar-refractivity contribution in [1.82, 2.24) is 4.98 Å². The summed E-state index contributed by atoms with van der Waals surface area (Å²) in [5.41, 5.74) is 0.456. The Kier molecular flexibility index (Phi) is 1.74. The number of aromatic nitrogens is 1. The highest BCUT2D eigenvalue weighted by atomic mass is 16.5. The van der Waals surface area contributed by atoms with Gasteiger partial charge in [0.15, 0.2) is 0 Å². The van der Waals surface area contributed by atoms with Crippen LogP contribution in [0.3, 0.4) is 0 Å². The van der Waals surface area contributed by atoms with Crippen molar-refractivity contribution in [3.63, 3.8) is 0 Å². The predicted molar refractivity (Wildman–Crippen MR) is 54.3 cm³/mol. The number of pyridine rings is 1. The van der Waals surface area contributed by atoms with Crippen LogP contribution < -0.4 is 4.90 Å². The summed E-state index contributed by atoms with van der Waals surface area (Å²) < 4.78 is 5.30. The minimum atomic E-state index is 0.456. The fraction of sp³-hybridized carbons (Fsp3) is 0.545. The van der Waals surface area contributed by atoms with Crippen LogP contribution in [0.2, 0.25) is 0 Å². The quantitative estimate of drug-likeness (QED) is 0.667. The number of hydrogen-bond donors (Lipinski definition) is 0. The molecule has 3 rings (SSSR count). The van der Waals surface area contributed by atoms with Crippen molar-refractivity contribution in [2.24, 2.45) is 5.41 Å². The van der Waals surface area contributed by atoms with Gasteiger partial charge < -0.3 is 9.64 Å². The van der Waals surface area contributed by atoms with Gasteiger partial charge in [-0.25, -0.2) is 4.98 Å². The second-order valence-corrected chi connectivity index (χ2v) is 4.35. The van der Waals surface area contributed by atoms with Crippen LogP contribution in [-0.4, -0.2) is 31.3 Å². The Balaban J connectivity index is 1.76. The molecule has 3 nitrogen and oxygen atoms in total. The highest BCUT2D eigenvalue weighted by Gasteiger charge is 2.44. The highest BCUT2D eigenvalue weighted by molar-refractivity contribution is 5.40. The maximum atomic E-state index is 5.30. The molecule has 14 heavy (non-hydrogen) atoms. The number of hydrogen-bond acceptors (Lipinski definition) is 3. The van der Waals surface area contributed by atoms with Gasteiger partial charge in [0.2, 0.25) is 0 Å². The van der Waals surface area contributed by atoms with E-state index in [1.807, 2.05) is 18.3 Å². The van der Waals surface area contributed by atoms with Crippen LogP contribution in [0.25, 0.3) is 0 Å². The Labute approximate surface area is 83.7 Å². The van der Waals surface area contributed by atoms with Gasteiger partial charge in [-0.2, -0.15) is 0 Å².